The Balaban J connectivity index is 1.65. The number of nitrogens with zero attached hydrogens (tertiary/aromatic N) is 5. The highest BCUT2D eigenvalue weighted by Gasteiger charge is 2.34. The number of amides is 1. The fourth-order valence-electron chi connectivity index (χ4n) is 3.44. The predicted molar refractivity (Wildman–Crippen MR) is 105 cm³/mol. The molecule has 0 atom stereocenters. The van der Waals surface area contributed by atoms with Gasteiger partial charge < -0.3 is 9.88 Å². The summed E-state index contributed by atoms with van der Waals surface area (Å²) in [6, 6.07) is 5.68. The van der Waals surface area contributed by atoms with Crippen LogP contribution in [-0.2, 0) is 17.5 Å². The molecule has 0 radical (unpaired) electrons. The Morgan fingerprint density at radius 1 is 1.19 bits per heavy atom. The predicted octanol–water partition coefficient (Wildman–Crippen LogP) is 3.11. The summed E-state index contributed by atoms with van der Waals surface area (Å²) < 4.78 is 55.2. The van der Waals surface area contributed by atoms with Crippen molar-refractivity contribution in [2.24, 2.45) is 0 Å². The van der Waals surface area contributed by atoms with Crippen molar-refractivity contribution in [1.29, 1.82) is 0 Å². The van der Waals surface area contributed by atoms with E-state index >= 15 is 0 Å². The van der Waals surface area contributed by atoms with Gasteiger partial charge in [0.15, 0.2) is 0 Å². The Hall–Kier alpha value is -3.83. The number of anilines is 1. The summed E-state index contributed by atoms with van der Waals surface area (Å²) in [7, 11) is 0. The Morgan fingerprint density at radius 2 is 1.97 bits per heavy atom. The van der Waals surface area contributed by atoms with Crippen LogP contribution in [-0.4, -0.2) is 30.1 Å². The van der Waals surface area contributed by atoms with E-state index in [1.54, 1.807) is 6.07 Å². The van der Waals surface area contributed by atoms with Gasteiger partial charge in [-0.25, -0.2) is 14.4 Å². The molecule has 0 aromatic carbocycles. The van der Waals surface area contributed by atoms with Crippen LogP contribution in [0.15, 0.2) is 41.3 Å². The molecule has 1 saturated carbocycles. The van der Waals surface area contributed by atoms with E-state index in [4.69, 9.17) is 0 Å². The summed E-state index contributed by atoms with van der Waals surface area (Å²) in [4.78, 5) is 32.9. The molecule has 0 unspecified atom stereocenters. The molecule has 4 aromatic heterocycles. The van der Waals surface area contributed by atoms with Crippen molar-refractivity contribution >= 4 is 28.4 Å². The molecular weight excluding hydrogens is 432 g/mol. The van der Waals surface area contributed by atoms with Crippen molar-refractivity contribution in [3.63, 3.8) is 0 Å². The zero-order valence-electron chi connectivity index (χ0n) is 16.2. The lowest BCUT2D eigenvalue weighted by molar-refractivity contribution is -0.141. The number of halogens is 4. The molecule has 1 N–H and O–H groups in total. The highest BCUT2D eigenvalue weighted by molar-refractivity contribution is 5.91. The third-order valence-electron chi connectivity index (χ3n) is 5.12. The summed E-state index contributed by atoms with van der Waals surface area (Å²) in [5.74, 6) is -1.01. The molecule has 1 aliphatic rings. The molecule has 4 aromatic rings. The molecule has 0 aliphatic heterocycles. The van der Waals surface area contributed by atoms with E-state index in [-0.39, 0.29) is 28.4 Å². The van der Waals surface area contributed by atoms with Gasteiger partial charge in [-0.05, 0) is 37.1 Å². The van der Waals surface area contributed by atoms with E-state index in [1.807, 2.05) is 0 Å². The van der Waals surface area contributed by atoms with Crippen LogP contribution in [0.5, 0.6) is 0 Å². The van der Waals surface area contributed by atoms with E-state index in [9.17, 15) is 27.2 Å². The topological polar surface area (TPSA) is 94.2 Å². The normalized spacial score (nSPS) is 14.2. The number of aromatic nitrogens is 5. The van der Waals surface area contributed by atoms with E-state index in [2.05, 4.69) is 20.4 Å². The molecule has 0 saturated heterocycles. The molecule has 1 amide bonds. The summed E-state index contributed by atoms with van der Waals surface area (Å²) in [6.45, 7) is -0.469. The highest BCUT2D eigenvalue weighted by atomic mass is 19.4. The fourth-order valence-corrected chi connectivity index (χ4v) is 3.44. The molecule has 4 heterocycles. The maximum absolute atomic E-state index is 13.3. The lowest BCUT2D eigenvalue weighted by Crippen LogP contribution is -2.26. The van der Waals surface area contributed by atoms with Crippen LogP contribution in [0.25, 0.3) is 16.7 Å². The van der Waals surface area contributed by atoms with Crippen LogP contribution in [0.2, 0.25) is 0 Å². The van der Waals surface area contributed by atoms with Crippen LogP contribution in [0.4, 0.5) is 23.4 Å². The van der Waals surface area contributed by atoms with Gasteiger partial charge >= 0.3 is 6.18 Å². The van der Waals surface area contributed by atoms with Crippen molar-refractivity contribution in [3.05, 3.63) is 64.1 Å². The van der Waals surface area contributed by atoms with Crippen LogP contribution >= 0.6 is 0 Å². The quantitative estimate of drug-likeness (QED) is 0.486. The summed E-state index contributed by atoms with van der Waals surface area (Å²) in [5, 5.41) is 6.65. The molecule has 32 heavy (non-hydrogen) atoms. The van der Waals surface area contributed by atoms with Crippen LogP contribution < -0.4 is 10.9 Å². The Morgan fingerprint density at radius 3 is 2.62 bits per heavy atom. The Labute approximate surface area is 176 Å². The number of hydrogen-bond donors (Lipinski definition) is 1. The molecular formula is C20H14F4N6O2. The van der Waals surface area contributed by atoms with Gasteiger partial charge in [-0.15, -0.1) is 0 Å². The zero-order chi connectivity index (χ0) is 22.6. The third kappa shape index (κ3) is 3.57. The molecule has 5 rings (SSSR count). The fraction of sp³-hybridized carbons (Fsp3) is 0.250. The standard InChI is InChI=1S/C20H14F4N6O2/c21-11-3-6-15(25-8-11)27-16(31)9-29-17-7-13(10-1-2-10)28-30(17)19(32)12-4-5-14(20(22,23)24)26-18(12)29/h3-8,10H,1-2,9H2,(H,25,27,31). The molecule has 12 heteroatoms. The van der Waals surface area contributed by atoms with Gasteiger partial charge in [0, 0.05) is 12.0 Å². The second-order valence-electron chi connectivity index (χ2n) is 7.48. The maximum Gasteiger partial charge on any atom is 0.433 e. The van der Waals surface area contributed by atoms with E-state index in [0.717, 1.165) is 35.7 Å². The minimum Gasteiger partial charge on any atom is -0.309 e. The van der Waals surface area contributed by atoms with Gasteiger partial charge in [-0.1, -0.05) is 0 Å². The van der Waals surface area contributed by atoms with Crippen LogP contribution in [0, 0.1) is 5.82 Å². The maximum atomic E-state index is 13.3. The Bertz CT molecular complexity index is 1420. The minimum absolute atomic E-state index is 0.0638. The first-order chi connectivity index (χ1) is 15.2. The number of rotatable bonds is 4. The summed E-state index contributed by atoms with van der Waals surface area (Å²) in [5.41, 5.74) is -1.33. The van der Waals surface area contributed by atoms with Crippen molar-refractivity contribution in [2.45, 2.75) is 31.5 Å². The molecule has 164 valence electrons. The zero-order valence-corrected chi connectivity index (χ0v) is 16.2. The SMILES string of the molecule is O=C(Cn1c2nc(C(F)(F)F)ccc2c(=O)n2nc(C3CC3)cc12)Nc1ccc(F)cn1. The number of nitrogens with one attached hydrogen (secondary N) is 1. The smallest absolute Gasteiger partial charge is 0.309 e. The van der Waals surface area contributed by atoms with Gasteiger partial charge in [0.05, 0.1) is 17.3 Å². The third-order valence-corrected chi connectivity index (χ3v) is 5.12. The van der Waals surface area contributed by atoms with Crippen molar-refractivity contribution < 1.29 is 22.4 Å². The highest BCUT2D eigenvalue weighted by Crippen LogP contribution is 2.39. The molecule has 1 aliphatic carbocycles. The Kier molecular flexibility index (Phi) is 4.46. The molecule has 8 nitrogen and oxygen atoms in total. The largest absolute Gasteiger partial charge is 0.433 e. The first-order valence-corrected chi connectivity index (χ1v) is 9.62. The number of pyridine rings is 2. The van der Waals surface area contributed by atoms with Crippen LogP contribution in [0.3, 0.4) is 0 Å². The average Bonchev–Trinajstić information content (AvgIpc) is 3.50. The molecule has 0 spiro atoms. The lowest BCUT2D eigenvalue weighted by Gasteiger charge is -2.14. The molecule has 1 fully saturated rings. The van der Waals surface area contributed by atoms with Gasteiger partial charge in [0.25, 0.3) is 5.56 Å². The number of fused-ring (bicyclic) bond motifs is 2. The van der Waals surface area contributed by atoms with Crippen molar-refractivity contribution in [3.8, 4) is 0 Å². The minimum atomic E-state index is -4.74. The molecule has 0 bridgehead atoms. The number of hydrogen-bond acceptors (Lipinski definition) is 5. The lowest BCUT2D eigenvalue weighted by atomic mass is 10.2. The van der Waals surface area contributed by atoms with Crippen LogP contribution in [0.1, 0.15) is 30.1 Å². The second kappa shape index (κ2) is 7.11. The van der Waals surface area contributed by atoms with Crippen molar-refractivity contribution in [2.75, 3.05) is 5.32 Å². The average molecular weight is 446 g/mol. The van der Waals surface area contributed by atoms with Gasteiger partial charge in [-0.2, -0.15) is 22.8 Å². The van der Waals surface area contributed by atoms with Gasteiger partial charge in [0.2, 0.25) is 5.91 Å². The second-order valence-corrected chi connectivity index (χ2v) is 7.48. The van der Waals surface area contributed by atoms with E-state index in [1.165, 1.54) is 10.6 Å². The monoisotopic (exact) mass is 446 g/mol. The number of carbonyl (C=O) groups excluding carboxylic acids is 1. The first kappa shape index (κ1) is 20.1. The van der Waals surface area contributed by atoms with E-state index in [0.29, 0.717) is 11.8 Å². The summed E-state index contributed by atoms with van der Waals surface area (Å²) in [6.07, 6.45) is -2.03. The first-order valence-electron chi connectivity index (χ1n) is 9.62. The van der Waals surface area contributed by atoms with Gasteiger partial charge in [-0.3, -0.25) is 9.59 Å². The van der Waals surface area contributed by atoms with Crippen molar-refractivity contribution in [1.82, 2.24) is 24.1 Å². The van der Waals surface area contributed by atoms with E-state index < -0.39 is 35.7 Å². The summed E-state index contributed by atoms with van der Waals surface area (Å²) >= 11 is 0. The number of alkyl halides is 3. The number of carbonyl (C=O) groups is 1. The van der Waals surface area contributed by atoms with Gasteiger partial charge in [0.1, 0.15) is 35.2 Å².